The molecule has 0 heterocycles. The fourth-order valence-corrected chi connectivity index (χ4v) is 2.53. The van der Waals surface area contributed by atoms with Crippen molar-refractivity contribution in [1.82, 2.24) is 0 Å². The minimum atomic E-state index is 0.153. The highest BCUT2D eigenvalue weighted by molar-refractivity contribution is 5.21. The third-order valence-corrected chi connectivity index (χ3v) is 3.61. The molecule has 1 atom stereocenters. The Hall–Kier alpha value is -0.820. The number of hydrogen-bond donors (Lipinski definition) is 1. The average Bonchev–Trinajstić information content (AvgIpc) is 2.26. The van der Waals surface area contributed by atoms with Crippen molar-refractivity contribution in [3.05, 3.63) is 35.9 Å². The van der Waals surface area contributed by atoms with Crippen LogP contribution >= 0.6 is 0 Å². The molecule has 17 heavy (non-hydrogen) atoms. The summed E-state index contributed by atoms with van der Waals surface area (Å²) in [5.41, 5.74) is 1.56. The van der Waals surface area contributed by atoms with Crippen LogP contribution < -0.4 is 0 Å². The first-order valence-electron chi connectivity index (χ1n) is 6.63. The van der Waals surface area contributed by atoms with E-state index in [1.54, 1.807) is 0 Å². The highest BCUT2D eigenvalue weighted by Gasteiger charge is 2.30. The van der Waals surface area contributed by atoms with Gasteiger partial charge in [0, 0.05) is 6.61 Å². The summed E-state index contributed by atoms with van der Waals surface area (Å²) in [6.07, 6.45) is 2.04. The monoisotopic (exact) mass is 234 g/mol. The Balaban J connectivity index is 2.95. The maximum atomic E-state index is 9.23. The molecule has 0 bridgehead atoms. The molecule has 96 valence electrons. The van der Waals surface area contributed by atoms with Crippen LogP contribution in [0, 0.1) is 11.3 Å². The zero-order valence-corrected chi connectivity index (χ0v) is 11.6. The van der Waals surface area contributed by atoms with Crippen LogP contribution in [0.25, 0.3) is 0 Å². The van der Waals surface area contributed by atoms with Crippen LogP contribution in [0.3, 0.4) is 0 Å². The zero-order valence-electron chi connectivity index (χ0n) is 11.6. The molecule has 0 aliphatic carbocycles. The summed E-state index contributed by atoms with van der Waals surface area (Å²) in [5.74, 6) is 1.20. The smallest absolute Gasteiger partial charge is 0.0436 e. The molecule has 1 rings (SSSR count). The van der Waals surface area contributed by atoms with E-state index in [4.69, 9.17) is 0 Å². The van der Waals surface area contributed by atoms with Gasteiger partial charge in [-0.15, -0.1) is 0 Å². The van der Waals surface area contributed by atoms with E-state index in [0.29, 0.717) is 11.8 Å². The van der Waals surface area contributed by atoms with Crippen molar-refractivity contribution in [2.75, 3.05) is 6.61 Å². The molecule has 1 unspecified atom stereocenters. The Labute approximate surface area is 106 Å². The second kappa shape index (κ2) is 6.20. The quantitative estimate of drug-likeness (QED) is 0.781. The summed E-state index contributed by atoms with van der Waals surface area (Å²) in [7, 11) is 0. The molecule has 0 radical (unpaired) electrons. The van der Waals surface area contributed by atoms with Crippen LogP contribution in [-0.2, 0) is 0 Å². The summed E-state index contributed by atoms with van der Waals surface area (Å²) in [5, 5.41) is 9.23. The molecule has 0 aromatic heterocycles. The van der Waals surface area contributed by atoms with Gasteiger partial charge in [-0.3, -0.25) is 0 Å². The molecular formula is C16H26O. The lowest BCUT2D eigenvalue weighted by Gasteiger charge is -2.35. The first-order valence-corrected chi connectivity index (χ1v) is 6.63. The molecule has 0 amide bonds. The predicted octanol–water partition coefficient (Wildman–Crippen LogP) is 4.22. The second-order valence-electron chi connectivity index (χ2n) is 6.06. The van der Waals surface area contributed by atoms with Crippen molar-refractivity contribution in [2.45, 2.75) is 46.5 Å². The fourth-order valence-electron chi connectivity index (χ4n) is 2.53. The number of aliphatic hydroxyl groups excluding tert-OH is 1. The number of benzene rings is 1. The molecule has 0 aliphatic rings. The minimum Gasteiger partial charge on any atom is -0.396 e. The summed E-state index contributed by atoms with van der Waals surface area (Å²) in [4.78, 5) is 0. The maximum Gasteiger partial charge on any atom is 0.0436 e. The van der Waals surface area contributed by atoms with E-state index in [0.717, 1.165) is 6.42 Å². The van der Waals surface area contributed by atoms with E-state index in [-0.39, 0.29) is 12.0 Å². The van der Waals surface area contributed by atoms with Gasteiger partial charge in [-0.2, -0.15) is 0 Å². The van der Waals surface area contributed by atoms with E-state index >= 15 is 0 Å². The van der Waals surface area contributed by atoms with Crippen molar-refractivity contribution in [2.24, 2.45) is 11.3 Å². The SMILES string of the molecule is CC(C)CC(c1ccccc1)C(C)(C)CCO. The summed E-state index contributed by atoms with van der Waals surface area (Å²) < 4.78 is 0. The number of hydrogen-bond acceptors (Lipinski definition) is 1. The number of aliphatic hydroxyl groups is 1. The molecule has 1 aromatic rings. The highest BCUT2D eigenvalue weighted by Crippen LogP contribution is 2.42. The van der Waals surface area contributed by atoms with E-state index in [9.17, 15) is 5.11 Å². The van der Waals surface area contributed by atoms with Crippen LogP contribution in [0.5, 0.6) is 0 Å². The highest BCUT2D eigenvalue weighted by atomic mass is 16.3. The molecule has 0 fully saturated rings. The van der Waals surface area contributed by atoms with Crippen LogP contribution in [0.15, 0.2) is 30.3 Å². The van der Waals surface area contributed by atoms with E-state index < -0.39 is 0 Å². The summed E-state index contributed by atoms with van der Waals surface area (Å²) in [6, 6.07) is 10.7. The third-order valence-electron chi connectivity index (χ3n) is 3.61. The summed E-state index contributed by atoms with van der Waals surface area (Å²) in [6.45, 7) is 9.34. The van der Waals surface area contributed by atoms with Crippen molar-refractivity contribution in [1.29, 1.82) is 0 Å². The Morgan fingerprint density at radius 2 is 1.71 bits per heavy atom. The molecule has 0 saturated carbocycles. The van der Waals surface area contributed by atoms with Crippen LogP contribution in [0.4, 0.5) is 0 Å². The van der Waals surface area contributed by atoms with Crippen LogP contribution in [0.2, 0.25) is 0 Å². The first kappa shape index (κ1) is 14.2. The topological polar surface area (TPSA) is 20.2 Å². The van der Waals surface area contributed by atoms with Crippen molar-refractivity contribution in [3.63, 3.8) is 0 Å². The van der Waals surface area contributed by atoms with Gasteiger partial charge in [0.15, 0.2) is 0 Å². The van der Waals surface area contributed by atoms with Crippen LogP contribution in [-0.4, -0.2) is 11.7 Å². The molecule has 1 heteroatoms. The maximum absolute atomic E-state index is 9.23. The molecule has 0 aliphatic heterocycles. The Bertz CT molecular complexity index is 314. The van der Waals surface area contributed by atoms with E-state index in [1.165, 1.54) is 12.0 Å². The molecular weight excluding hydrogens is 208 g/mol. The van der Waals surface area contributed by atoms with E-state index in [1.807, 2.05) is 0 Å². The Kier molecular flexibility index (Phi) is 5.20. The largest absolute Gasteiger partial charge is 0.396 e. The Morgan fingerprint density at radius 1 is 1.12 bits per heavy atom. The Morgan fingerprint density at radius 3 is 2.18 bits per heavy atom. The predicted molar refractivity (Wildman–Crippen MR) is 74.1 cm³/mol. The molecule has 1 N–H and O–H groups in total. The lowest BCUT2D eigenvalue weighted by molar-refractivity contribution is 0.170. The molecule has 1 nitrogen and oxygen atoms in total. The standard InChI is InChI=1S/C16H26O/c1-13(2)12-15(16(3,4)10-11-17)14-8-6-5-7-9-14/h5-9,13,15,17H,10-12H2,1-4H3. The third kappa shape index (κ3) is 4.16. The minimum absolute atomic E-state index is 0.153. The van der Waals surface area contributed by atoms with Gasteiger partial charge in [-0.05, 0) is 35.7 Å². The normalized spacial score (nSPS) is 14.0. The van der Waals surface area contributed by atoms with Crippen molar-refractivity contribution >= 4 is 0 Å². The molecule has 0 spiro atoms. The van der Waals surface area contributed by atoms with Gasteiger partial charge < -0.3 is 5.11 Å². The fraction of sp³-hybridized carbons (Fsp3) is 0.625. The van der Waals surface area contributed by atoms with Gasteiger partial charge in [-0.25, -0.2) is 0 Å². The zero-order chi connectivity index (χ0) is 12.9. The molecule has 1 aromatic carbocycles. The van der Waals surface area contributed by atoms with Gasteiger partial charge in [0.05, 0.1) is 0 Å². The summed E-state index contributed by atoms with van der Waals surface area (Å²) >= 11 is 0. The van der Waals surface area contributed by atoms with Gasteiger partial charge >= 0.3 is 0 Å². The van der Waals surface area contributed by atoms with Crippen molar-refractivity contribution < 1.29 is 5.11 Å². The van der Waals surface area contributed by atoms with Gasteiger partial charge in [0.1, 0.15) is 0 Å². The van der Waals surface area contributed by atoms with Gasteiger partial charge in [-0.1, -0.05) is 58.0 Å². The lowest BCUT2D eigenvalue weighted by atomic mass is 9.69. The average molecular weight is 234 g/mol. The lowest BCUT2D eigenvalue weighted by Crippen LogP contribution is -2.25. The van der Waals surface area contributed by atoms with E-state index in [2.05, 4.69) is 58.0 Å². The first-order chi connectivity index (χ1) is 7.97. The van der Waals surface area contributed by atoms with Crippen LogP contribution in [0.1, 0.15) is 52.0 Å². The second-order valence-corrected chi connectivity index (χ2v) is 6.06. The van der Waals surface area contributed by atoms with Gasteiger partial charge in [0.2, 0.25) is 0 Å². The molecule has 0 saturated heterocycles. The van der Waals surface area contributed by atoms with Crippen molar-refractivity contribution in [3.8, 4) is 0 Å². The number of rotatable bonds is 6. The van der Waals surface area contributed by atoms with Gasteiger partial charge in [0.25, 0.3) is 0 Å².